The number of aryl methyl sites for hydroxylation is 2. The lowest BCUT2D eigenvalue weighted by atomic mass is 10.2. The van der Waals surface area contributed by atoms with Crippen LogP contribution in [-0.4, -0.2) is 43.1 Å². The van der Waals surface area contributed by atoms with Gasteiger partial charge in [0.05, 0.1) is 12.2 Å². The van der Waals surface area contributed by atoms with Crippen molar-refractivity contribution in [2.45, 2.75) is 52.8 Å². The summed E-state index contributed by atoms with van der Waals surface area (Å²) in [5.74, 6) is 0.894. The number of hydrogen-bond donors (Lipinski definition) is 0. The average Bonchev–Trinajstić information content (AvgIpc) is 2.98. The Hall–Kier alpha value is -2.38. The van der Waals surface area contributed by atoms with E-state index in [2.05, 4.69) is 15.3 Å². The van der Waals surface area contributed by atoms with Gasteiger partial charge in [-0.2, -0.15) is 5.10 Å². The Morgan fingerprint density at radius 1 is 1.30 bits per heavy atom. The summed E-state index contributed by atoms with van der Waals surface area (Å²) in [4.78, 5) is 14.0. The van der Waals surface area contributed by atoms with E-state index >= 15 is 0 Å². The number of carbonyl (C=O) groups is 1. The van der Waals surface area contributed by atoms with Crippen LogP contribution in [0.15, 0.2) is 10.5 Å². The Labute approximate surface area is 134 Å². The van der Waals surface area contributed by atoms with E-state index in [1.54, 1.807) is 11.8 Å². The lowest BCUT2D eigenvalue weighted by Crippen LogP contribution is -2.36. The quantitative estimate of drug-likeness (QED) is 0.802. The molecule has 1 aliphatic heterocycles. The summed E-state index contributed by atoms with van der Waals surface area (Å²) in [6.45, 7) is 9.17. The molecule has 1 aliphatic rings. The van der Waals surface area contributed by atoms with E-state index in [0.29, 0.717) is 30.6 Å². The van der Waals surface area contributed by atoms with Crippen LogP contribution in [0.4, 0.5) is 4.79 Å². The highest BCUT2D eigenvalue weighted by Crippen LogP contribution is 2.22. The molecule has 0 saturated heterocycles. The Bertz CT molecular complexity index is 713. The standard InChI is InChI=1S/C15H21N5O3/c1-10-16-17-13(22-10)12-8-11-9-19(6-5-7-20(11)18-12)14(21)23-15(2,3)4/h8H,5-7,9H2,1-4H3. The molecule has 0 bridgehead atoms. The highest BCUT2D eigenvalue weighted by molar-refractivity contribution is 5.68. The number of amides is 1. The SMILES string of the molecule is Cc1nnc(-c2cc3n(n2)CCCN(C(=O)OC(C)(C)C)C3)o1. The molecule has 0 fully saturated rings. The van der Waals surface area contributed by atoms with E-state index in [9.17, 15) is 4.79 Å². The lowest BCUT2D eigenvalue weighted by molar-refractivity contribution is 0.0236. The second-order valence-corrected chi connectivity index (χ2v) is 6.63. The molecule has 0 saturated carbocycles. The minimum absolute atomic E-state index is 0.303. The van der Waals surface area contributed by atoms with Crippen LogP contribution in [0.5, 0.6) is 0 Å². The van der Waals surface area contributed by atoms with Gasteiger partial charge in [0.25, 0.3) is 5.89 Å². The molecule has 0 N–H and O–H groups in total. The van der Waals surface area contributed by atoms with E-state index in [1.807, 2.05) is 31.5 Å². The zero-order valence-electron chi connectivity index (χ0n) is 13.9. The first kappa shape index (κ1) is 15.5. The molecule has 8 heteroatoms. The summed E-state index contributed by atoms with van der Waals surface area (Å²) < 4.78 is 12.8. The number of ether oxygens (including phenoxy) is 1. The predicted octanol–water partition coefficient (Wildman–Crippen LogP) is 2.38. The third-order valence-corrected chi connectivity index (χ3v) is 3.41. The first-order chi connectivity index (χ1) is 10.8. The fourth-order valence-corrected chi connectivity index (χ4v) is 2.45. The van der Waals surface area contributed by atoms with Crippen LogP contribution in [0.3, 0.4) is 0 Å². The monoisotopic (exact) mass is 319 g/mol. The van der Waals surface area contributed by atoms with Crippen molar-refractivity contribution < 1.29 is 13.9 Å². The maximum Gasteiger partial charge on any atom is 0.410 e. The number of rotatable bonds is 1. The van der Waals surface area contributed by atoms with E-state index in [1.165, 1.54) is 0 Å². The first-order valence-electron chi connectivity index (χ1n) is 7.67. The molecule has 2 aromatic rings. The summed E-state index contributed by atoms with van der Waals surface area (Å²) in [6.07, 6.45) is 0.512. The molecule has 0 unspecified atom stereocenters. The highest BCUT2D eigenvalue weighted by atomic mass is 16.6. The minimum Gasteiger partial charge on any atom is -0.444 e. The van der Waals surface area contributed by atoms with Crippen molar-refractivity contribution in [3.63, 3.8) is 0 Å². The maximum atomic E-state index is 12.3. The zero-order chi connectivity index (χ0) is 16.6. The van der Waals surface area contributed by atoms with Gasteiger partial charge in [0.1, 0.15) is 11.3 Å². The van der Waals surface area contributed by atoms with Crippen LogP contribution in [0.2, 0.25) is 0 Å². The van der Waals surface area contributed by atoms with Crippen LogP contribution < -0.4 is 0 Å². The molecule has 3 rings (SSSR count). The molecule has 2 aromatic heterocycles. The Kier molecular flexibility index (Phi) is 3.83. The van der Waals surface area contributed by atoms with Gasteiger partial charge >= 0.3 is 6.09 Å². The van der Waals surface area contributed by atoms with E-state index in [4.69, 9.17) is 9.15 Å². The summed E-state index contributed by atoms with van der Waals surface area (Å²) in [6, 6.07) is 1.88. The lowest BCUT2D eigenvalue weighted by Gasteiger charge is -2.26. The topological polar surface area (TPSA) is 86.3 Å². The third kappa shape index (κ3) is 3.52. The summed E-state index contributed by atoms with van der Waals surface area (Å²) in [7, 11) is 0. The molecule has 3 heterocycles. The average molecular weight is 319 g/mol. The van der Waals surface area contributed by atoms with E-state index in [-0.39, 0.29) is 6.09 Å². The van der Waals surface area contributed by atoms with Crippen molar-refractivity contribution in [1.82, 2.24) is 24.9 Å². The summed E-state index contributed by atoms with van der Waals surface area (Å²) in [5, 5.41) is 12.3. The first-order valence-corrected chi connectivity index (χ1v) is 7.67. The number of nitrogens with zero attached hydrogens (tertiary/aromatic N) is 5. The Morgan fingerprint density at radius 2 is 2.09 bits per heavy atom. The summed E-state index contributed by atoms with van der Waals surface area (Å²) in [5.41, 5.74) is 1.06. The summed E-state index contributed by atoms with van der Waals surface area (Å²) >= 11 is 0. The number of hydrogen-bond acceptors (Lipinski definition) is 6. The van der Waals surface area contributed by atoms with Gasteiger partial charge in [-0.15, -0.1) is 10.2 Å². The van der Waals surface area contributed by atoms with Gasteiger partial charge < -0.3 is 14.1 Å². The minimum atomic E-state index is -0.504. The molecule has 0 spiro atoms. The van der Waals surface area contributed by atoms with Crippen molar-refractivity contribution in [3.8, 4) is 11.6 Å². The molecule has 0 atom stereocenters. The number of aromatic nitrogens is 4. The fourth-order valence-electron chi connectivity index (χ4n) is 2.45. The third-order valence-electron chi connectivity index (χ3n) is 3.41. The molecular weight excluding hydrogens is 298 g/mol. The molecule has 23 heavy (non-hydrogen) atoms. The van der Waals surface area contributed by atoms with E-state index < -0.39 is 5.60 Å². The van der Waals surface area contributed by atoms with Gasteiger partial charge in [-0.3, -0.25) is 4.68 Å². The maximum absolute atomic E-state index is 12.3. The van der Waals surface area contributed by atoms with Gasteiger partial charge in [-0.1, -0.05) is 0 Å². The smallest absolute Gasteiger partial charge is 0.410 e. The van der Waals surface area contributed by atoms with Gasteiger partial charge in [0.2, 0.25) is 5.89 Å². The molecule has 0 radical (unpaired) electrons. The van der Waals surface area contributed by atoms with Crippen LogP contribution >= 0.6 is 0 Å². The zero-order valence-corrected chi connectivity index (χ0v) is 13.9. The normalized spacial score (nSPS) is 15.2. The molecule has 8 nitrogen and oxygen atoms in total. The van der Waals surface area contributed by atoms with Gasteiger partial charge in [0, 0.05) is 20.0 Å². The predicted molar refractivity (Wildman–Crippen MR) is 81.5 cm³/mol. The Balaban J connectivity index is 1.80. The van der Waals surface area contributed by atoms with E-state index in [0.717, 1.165) is 18.7 Å². The molecule has 124 valence electrons. The van der Waals surface area contributed by atoms with Gasteiger partial charge in [-0.05, 0) is 33.3 Å². The molecule has 1 amide bonds. The van der Waals surface area contributed by atoms with Crippen molar-refractivity contribution in [1.29, 1.82) is 0 Å². The number of carbonyl (C=O) groups excluding carboxylic acids is 1. The van der Waals surface area contributed by atoms with Gasteiger partial charge in [-0.25, -0.2) is 4.79 Å². The van der Waals surface area contributed by atoms with Crippen LogP contribution in [0.25, 0.3) is 11.6 Å². The second-order valence-electron chi connectivity index (χ2n) is 6.63. The molecular formula is C15H21N5O3. The highest BCUT2D eigenvalue weighted by Gasteiger charge is 2.26. The van der Waals surface area contributed by atoms with Crippen molar-refractivity contribution in [3.05, 3.63) is 17.7 Å². The molecule has 0 aromatic carbocycles. The van der Waals surface area contributed by atoms with Crippen LogP contribution in [0, 0.1) is 6.92 Å². The Morgan fingerprint density at radius 3 is 2.74 bits per heavy atom. The van der Waals surface area contributed by atoms with Crippen LogP contribution in [-0.2, 0) is 17.8 Å². The van der Waals surface area contributed by atoms with Gasteiger partial charge in [0.15, 0.2) is 0 Å². The second kappa shape index (κ2) is 5.68. The van der Waals surface area contributed by atoms with Crippen molar-refractivity contribution >= 4 is 6.09 Å². The fraction of sp³-hybridized carbons (Fsp3) is 0.600. The largest absolute Gasteiger partial charge is 0.444 e. The van der Waals surface area contributed by atoms with Crippen molar-refractivity contribution in [2.24, 2.45) is 0 Å². The molecule has 0 aliphatic carbocycles. The van der Waals surface area contributed by atoms with Crippen molar-refractivity contribution in [2.75, 3.05) is 6.54 Å². The number of fused-ring (bicyclic) bond motifs is 1. The van der Waals surface area contributed by atoms with Crippen LogP contribution in [0.1, 0.15) is 38.8 Å².